The molecule has 176 valence electrons. The lowest BCUT2D eigenvalue weighted by molar-refractivity contribution is -0.129. The van der Waals surface area contributed by atoms with Crippen LogP contribution in [0.1, 0.15) is 45.2 Å². The molecule has 0 fully saturated rings. The van der Waals surface area contributed by atoms with Crippen molar-refractivity contribution < 1.29 is 22.7 Å². The van der Waals surface area contributed by atoms with Crippen molar-refractivity contribution in [3.8, 4) is 11.5 Å². The number of carbonyl (C=O) groups is 1. The summed E-state index contributed by atoms with van der Waals surface area (Å²) in [5.41, 5.74) is 1.53. The Hall–Kier alpha value is -2.74. The molecule has 7 nitrogen and oxygen atoms in total. The van der Waals surface area contributed by atoms with Gasteiger partial charge in [0, 0.05) is 7.05 Å². The first-order valence-electron chi connectivity index (χ1n) is 10.7. The van der Waals surface area contributed by atoms with Crippen LogP contribution < -0.4 is 19.1 Å². The second kappa shape index (κ2) is 11.2. The summed E-state index contributed by atoms with van der Waals surface area (Å²) >= 11 is 0. The average molecular weight is 463 g/mol. The number of nitrogens with zero attached hydrogens (tertiary/aromatic N) is 1. The molecule has 0 aliphatic carbocycles. The fourth-order valence-electron chi connectivity index (χ4n) is 3.26. The van der Waals surface area contributed by atoms with Crippen LogP contribution in [0.5, 0.6) is 11.5 Å². The maximum absolute atomic E-state index is 13.0. The Bertz CT molecular complexity index is 972. The number of sulfonamides is 1. The molecular weight excluding hydrogens is 428 g/mol. The lowest BCUT2D eigenvalue weighted by Gasteiger charge is -2.25. The van der Waals surface area contributed by atoms with E-state index in [1.165, 1.54) is 11.4 Å². The van der Waals surface area contributed by atoms with Crippen molar-refractivity contribution in [3.05, 3.63) is 54.1 Å². The number of hydrogen-bond acceptors (Lipinski definition) is 5. The fraction of sp³-hybridized carbons (Fsp3) is 0.458. The van der Waals surface area contributed by atoms with E-state index in [0.717, 1.165) is 24.0 Å². The van der Waals surface area contributed by atoms with Crippen LogP contribution in [0.3, 0.4) is 0 Å². The van der Waals surface area contributed by atoms with Gasteiger partial charge in [-0.1, -0.05) is 32.9 Å². The highest BCUT2D eigenvalue weighted by atomic mass is 32.2. The Morgan fingerprint density at radius 2 is 1.59 bits per heavy atom. The van der Waals surface area contributed by atoms with Gasteiger partial charge in [0.2, 0.25) is 10.0 Å². The molecule has 0 aliphatic heterocycles. The summed E-state index contributed by atoms with van der Waals surface area (Å²) in [5, 5.41) is 3.13. The Morgan fingerprint density at radius 3 is 2.06 bits per heavy atom. The molecule has 2 rings (SSSR count). The number of nitrogens with one attached hydrogen (secondary N) is 1. The zero-order chi connectivity index (χ0) is 23.9. The predicted octanol–water partition coefficient (Wildman–Crippen LogP) is 4.15. The van der Waals surface area contributed by atoms with E-state index < -0.39 is 16.1 Å². The molecule has 0 saturated carbocycles. The van der Waals surface area contributed by atoms with Gasteiger partial charge in [0.15, 0.2) is 6.10 Å². The number of rotatable bonds is 11. The molecule has 0 heterocycles. The van der Waals surface area contributed by atoms with Crippen LogP contribution in [-0.4, -0.2) is 40.8 Å². The zero-order valence-electron chi connectivity index (χ0n) is 19.7. The molecular formula is C24H34N2O5S. The fourth-order valence-corrected chi connectivity index (χ4v) is 3.77. The van der Waals surface area contributed by atoms with Crippen molar-refractivity contribution in [2.45, 2.75) is 45.8 Å². The van der Waals surface area contributed by atoms with Crippen LogP contribution >= 0.6 is 0 Å². The average Bonchev–Trinajstić information content (AvgIpc) is 2.76. The SMILES string of the molecule is CC[C@@H](Oc1ccc(N(C)S(C)(=O)=O)cc1)C(=O)N[C@H](CC(C)C)c1ccc(OC)cc1. The van der Waals surface area contributed by atoms with Gasteiger partial charge in [-0.25, -0.2) is 8.42 Å². The summed E-state index contributed by atoms with van der Waals surface area (Å²) in [6, 6.07) is 14.2. The van der Waals surface area contributed by atoms with E-state index in [0.29, 0.717) is 23.8 Å². The van der Waals surface area contributed by atoms with E-state index in [2.05, 4.69) is 19.2 Å². The first-order valence-corrected chi connectivity index (χ1v) is 12.5. The first kappa shape index (κ1) is 25.5. The first-order chi connectivity index (χ1) is 15.0. The van der Waals surface area contributed by atoms with Crippen molar-refractivity contribution in [3.63, 3.8) is 0 Å². The largest absolute Gasteiger partial charge is 0.497 e. The van der Waals surface area contributed by atoms with Gasteiger partial charge in [-0.15, -0.1) is 0 Å². The van der Waals surface area contributed by atoms with Gasteiger partial charge in [-0.2, -0.15) is 0 Å². The van der Waals surface area contributed by atoms with E-state index >= 15 is 0 Å². The third kappa shape index (κ3) is 7.15. The minimum atomic E-state index is -3.34. The second-order valence-corrected chi connectivity index (χ2v) is 10.2. The summed E-state index contributed by atoms with van der Waals surface area (Å²) in [6.45, 7) is 6.12. The van der Waals surface area contributed by atoms with Gasteiger partial charge < -0.3 is 14.8 Å². The van der Waals surface area contributed by atoms with Crippen LogP contribution in [0.4, 0.5) is 5.69 Å². The number of anilines is 1. The summed E-state index contributed by atoms with van der Waals surface area (Å²) in [6.07, 6.45) is 1.77. The van der Waals surface area contributed by atoms with Crippen LogP contribution in [0, 0.1) is 5.92 Å². The summed E-state index contributed by atoms with van der Waals surface area (Å²) in [4.78, 5) is 13.0. The molecule has 1 N–H and O–H groups in total. The third-order valence-corrected chi connectivity index (χ3v) is 6.39. The van der Waals surface area contributed by atoms with Crippen molar-refractivity contribution in [1.82, 2.24) is 5.32 Å². The molecule has 2 aromatic rings. The van der Waals surface area contributed by atoms with E-state index in [1.807, 2.05) is 31.2 Å². The number of hydrogen-bond donors (Lipinski definition) is 1. The van der Waals surface area contributed by atoms with E-state index in [-0.39, 0.29) is 11.9 Å². The van der Waals surface area contributed by atoms with Crippen molar-refractivity contribution >= 4 is 21.6 Å². The number of methoxy groups -OCH3 is 1. The quantitative estimate of drug-likeness (QED) is 0.542. The summed E-state index contributed by atoms with van der Waals surface area (Å²) in [7, 11) is -0.234. The Balaban J connectivity index is 2.12. The van der Waals surface area contributed by atoms with Crippen molar-refractivity contribution in [2.24, 2.45) is 5.92 Å². The standard InChI is InChI=1S/C24H34N2O5S/c1-7-23(31-21-14-10-19(11-15-21)26(4)32(6,28)29)24(27)25-22(16-17(2)3)18-8-12-20(30-5)13-9-18/h8-15,17,22-23H,7,16H2,1-6H3,(H,25,27)/t22-,23-/m1/s1. The van der Waals surface area contributed by atoms with Crippen molar-refractivity contribution in [1.29, 1.82) is 0 Å². The molecule has 0 aliphatic rings. The van der Waals surface area contributed by atoms with Gasteiger partial charge in [-0.3, -0.25) is 9.10 Å². The number of carbonyl (C=O) groups excluding carboxylic acids is 1. The highest BCUT2D eigenvalue weighted by molar-refractivity contribution is 7.92. The zero-order valence-corrected chi connectivity index (χ0v) is 20.5. The minimum Gasteiger partial charge on any atom is -0.497 e. The normalized spacial score (nSPS) is 13.3. The number of ether oxygens (including phenoxy) is 2. The molecule has 0 aromatic heterocycles. The Kier molecular flexibility index (Phi) is 8.95. The minimum absolute atomic E-state index is 0.142. The summed E-state index contributed by atoms with van der Waals surface area (Å²) in [5.74, 6) is 1.47. The van der Waals surface area contributed by atoms with Gasteiger partial charge >= 0.3 is 0 Å². The molecule has 32 heavy (non-hydrogen) atoms. The molecule has 0 saturated heterocycles. The number of benzene rings is 2. The summed E-state index contributed by atoms with van der Waals surface area (Å²) < 4.78 is 35.7. The lowest BCUT2D eigenvalue weighted by Crippen LogP contribution is -2.40. The Labute approximate surface area is 191 Å². The van der Waals surface area contributed by atoms with Crippen molar-refractivity contribution in [2.75, 3.05) is 24.7 Å². The molecule has 2 aromatic carbocycles. The number of amides is 1. The second-order valence-electron chi connectivity index (χ2n) is 8.20. The molecule has 0 spiro atoms. The van der Waals surface area contributed by atoms with Gasteiger partial charge in [0.05, 0.1) is 25.1 Å². The topological polar surface area (TPSA) is 84.9 Å². The highest BCUT2D eigenvalue weighted by Crippen LogP contribution is 2.25. The molecule has 0 unspecified atom stereocenters. The smallest absolute Gasteiger partial charge is 0.261 e. The molecule has 0 bridgehead atoms. The predicted molar refractivity (Wildman–Crippen MR) is 128 cm³/mol. The van der Waals surface area contributed by atoms with Gasteiger partial charge in [0.1, 0.15) is 11.5 Å². The maximum Gasteiger partial charge on any atom is 0.261 e. The third-order valence-electron chi connectivity index (χ3n) is 5.18. The van der Waals surface area contributed by atoms with Crippen LogP contribution in [0.2, 0.25) is 0 Å². The maximum atomic E-state index is 13.0. The Morgan fingerprint density at radius 1 is 1.03 bits per heavy atom. The van der Waals surface area contributed by atoms with Crippen LogP contribution in [0.25, 0.3) is 0 Å². The molecule has 8 heteroatoms. The monoisotopic (exact) mass is 462 g/mol. The van der Waals surface area contributed by atoms with Crippen LogP contribution in [-0.2, 0) is 14.8 Å². The van der Waals surface area contributed by atoms with E-state index in [1.54, 1.807) is 31.4 Å². The van der Waals surface area contributed by atoms with Crippen LogP contribution in [0.15, 0.2) is 48.5 Å². The molecule has 1 amide bonds. The van der Waals surface area contributed by atoms with Gasteiger partial charge in [-0.05, 0) is 60.7 Å². The highest BCUT2D eigenvalue weighted by Gasteiger charge is 2.23. The van der Waals surface area contributed by atoms with E-state index in [9.17, 15) is 13.2 Å². The molecule has 0 radical (unpaired) electrons. The van der Waals surface area contributed by atoms with Gasteiger partial charge in [0.25, 0.3) is 5.91 Å². The molecule has 2 atom stereocenters. The lowest BCUT2D eigenvalue weighted by atomic mass is 9.96. The van der Waals surface area contributed by atoms with E-state index in [4.69, 9.17) is 9.47 Å².